The van der Waals surface area contributed by atoms with Crippen molar-refractivity contribution in [3.8, 4) is 0 Å². The smallest absolute Gasteiger partial charge is 0 e. The van der Waals surface area contributed by atoms with Crippen LogP contribution >= 0.6 is 0 Å². The van der Waals surface area contributed by atoms with E-state index in [0.717, 1.165) is 0 Å². The molecule has 0 aromatic heterocycles. The van der Waals surface area contributed by atoms with E-state index in [4.69, 9.17) is 356 Å². The number of rotatable bonds is 43. The van der Waals surface area contributed by atoms with E-state index in [0.29, 0.717) is 0 Å². The van der Waals surface area contributed by atoms with Gasteiger partial charge in [0.25, 0.3) is 0 Å². The van der Waals surface area contributed by atoms with Gasteiger partial charge in [-0.05, 0) is 0 Å². The molecule has 90 heteroatoms. The topological polar surface area (TPSA) is 0 Å². The van der Waals surface area contributed by atoms with Crippen molar-refractivity contribution in [2.24, 2.45) is 0 Å². The maximum atomic E-state index is 7.31. The van der Waals surface area contributed by atoms with Crippen molar-refractivity contribution in [2.75, 3.05) is 0 Å². The Morgan fingerprint density at radius 1 is 0.0556 bits per heavy atom. The molecule has 0 N–H and O–H groups in total. The normalized spacial score (nSPS) is 9.82. The molecule has 0 bridgehead atoms. The van der Waals surface area contributed by atoms with E-state index in [2.05, 4.69) is 0 Å². The summed E-state index contributed by atoms with van der Waals surface area (Å²) in [4.78, 5) is 0. The quantitative estimate of drug-likeness (QED) is 0.0534. The van der Waals surface area contributed by atoms with Gasteiger partial charge in [0.05, 0.1) is 0 Å². The lowest BCUT2D eigenvalue weighted by Gasteiger charge is -2.62. The Hall–Kier alpha value is 5.84. The van der Waals surface area contributed by atoms with Crippen LogP contribution in [-0.4, -0.2) is 637 Å². The molecule has 0 saturated heterocycles. The van der Waals surface area contributed by atoms with E-state index in [9.17, 15) is 0 Å². The van der Waals surface area contributed by atoms with Gasteiger partial charge in [-0.2, -0.15) is 0 Å². The van der Waals surface area contributed by atoms with Crippen molar-refractivity contribution in [1.29, 1.82) is 0 Å². The minimum absolute atomic E-state index is 1.67. The van der Waals surface area contributed by atoms with E-state index < -0.39 is 281 Å². The minimum atomic E-state index is -2.14. The zero-order valence-corrected chi connectivity index (χ0v) is 52.0. The van der Waals surface area contributed by atoms with Crippen LogP contribution in [0.5, 0.6) is 0 Å². The molecular weight excluding hydrogens is 973 g/mol. The third-order valence-electron chi connectivity index (χ3n) is 19.1. The van der Waals surface area contributed by atoms with Crippen LogP contribution in [0.2, 0.25) is 0 Å². The fourth-order valence-corrected chi connectivity index (χ4v) is 16.2. The van der Waals surface area contributed by atoms with Gasteiger partial charge in [-0.3, -0.25) is 0 Å². The van der Waals surface area contributed by atoms with E-state index in [1.54, 1.807) is 0 Å². The highest BCUT2D eigenvalue weighted by Gasteiger charge is 2.67. The van der Waals surface area contributed by atoms with Crippen LogP contribution in [0.1, 0.15) is 0 Å². The second kappa shape index (κ2) is 44.0. The van der Waals surface area contributed by atoms with Crippen LogP contribution in [0.3, 0.4) is 0 Å². The van der Waals surface area contributed by atoms with Crippen molar-refractivity contribution in [3.63, 3.8) is 0 Å². The first-order valence-corrected chi connectivity index (χ1v) is 29.7. The van der Waals surface area contributed by atoms with Gasteiger partial charge in [-0.15, -0.1) is 0 Å². The Balaban J connectivity index is 13.7. The average molecular weight is 973 g/mol. The van der Waals surface area contributed by atoms with Gasteiger partial charge < -0.3 is 0 Å². The van der Waals surface area contributed by atoms with Crippen molar-refractivity contribution in [3.05, 3.63) is 0 Å². The number of hydrogen-bond acceptors (Lipinski definition) is 0. The minimum Gasteiger partial charge on any atom is 0 e. The Kier molecular flexibility index (Phi) is 46.8. The summed E-state index contributed by atoms with van der Waals surface area (Å²) in [6.07, 6.45) is -79.1. The van der Waals surface area contributed by atoms with Crippen LogP contribution in [-0.2, 0) is 0 Å². The Morgan fingerprint density at radius 3 is 0.167 bits per heavy atom. The molecule has 0 aliphatic carbocycles. The van der Waals surface area contributed by atoms with Gasteiger partial charge in [0.2, 0.25) is 0 Å². The van der Waals surface area contributed by atoms with Crippen molar-refractivity contribution in [2.45, 2.75) is 0 Å². The van der Waals surface area contributed by atoms with Crippen LogP contribution < -0.4 is 0 Å². The van der Waals surface area contributed by atoms with Crippen LogP contribution in [0.25, 0.3) is 0 Å². The summed E-state index contributed by atoms with van der Waals surface area (Å²) >= 11 is 0. The largest absolute Gasteiger partial charge is 0 e. The van der Waals surface area contributed by atoms with E-state index in [1.807, 2.05) is 0 Å². The molecule has 0 nitrogen and oxygen atoms in total. The van der Waals surface area contributed by atoms with Crippen LogP contribution in [0.15, 0.2) is 0 Å². The lowest BCUT2D eigenvalue weighted by atomic mass is 8.19. The maximum absolute atomic E-state index is 7.31. The maximum Gasteiger partial charge on any atom is 0 e. The lowest BCUT2D eigenvalue weighted by Crippen LogP contribution is -3.00. The van der Waals surface area contributed by atoms with E-state index in [-0.39, 0.29) is 0 Å². The highest BCUT2D eigenvalue weighted by atomic mass is 13.5. The third-order valence-corrected chi connectivity index (χ3v) is 19.1. The first kappa shape index (κ1) is 95.8. The Morgan fingerprint density at radius 2 is 0.100 bits per heavy atom. The van der Waals surface area contributed by atoms with Crippen LogP contribution in [0.4, 0.5) is 0 Å². The standard InChI is InChI=1S/B90/c1-47(2)70(48(3)4)81(69(45)46)87(82(71(49(5)6)50(7)8)72(51(9)10)52(11)12)90(88(83(73(53(13)14)54(15)16)74(55(17)18)56(19)20)84(75(57(21)22)58(23)24)76(59(25)26)60(27)28)89(85(77(61(29)30)62(31)32)78(63(33)34)64(35)36)86(79(65(37)38)66(39)40)80(67(41)42)68(43)44. The van der Waals surface area contributed by atoms with Crippen molar-refractivity contribution >= 4 is 637 Å². The van der Waals surface area contributed by atoms with Gasteiger partial charge in [0, 0.05) is 637 Å². The van der Waals surface area contributed by atoms with Crippen molar-refractivity contribution in [1.82, 2.24) is 0 Å². The van der Waals surface area contributed by atoms with E-state index in [1.165, 1.54) is 0 Å². The molecule has 92 radical (unpaired) electrons. The lowest BCUT2D eigenvalue weighted by molar-refractivity contribution is 3.13. The summed E-state index contributed by atoms with van der Waals surface area (Å²) < 4.78 is 0. The molecule has 0 fully saturated rings. The molecule has 90 heavy (non-hydrogen) atoms. The Bertz CT molecular complexity index is 1450. The van der Waals surface area contributed by atoms with Gasteiger partial charge in [-0.25, -0.2) is 0 Å². The molecule has 0 amide bonds. The second-order valence-corrected chi connectivity index (χ2v) is 25.4. The predicted molar refractivity (Wildman–Crippen MR) is 518 cm³/mol. The average Bonchev–Trinajstić information content (AvgIpc) is 3.30. The predicted octanol–water partition coefficient (Wildman–Crippen LogP) is -34.3. The summed E-state index contributed by atoms with van der Waals surface area (Å²) in [6.45, 7) is 0. The fourth-order valence-electron chi connectivity index (χ4n) is 16.2. The molecule has 0 heterocycles. The van der Waals surface area contributed by atoms with Gasteiger partial charge >= 0.3 is 0 Å². The molecule has 0 rings (SSSR count). The summed E-state index contributed by atoms with van der Waals surface area (Å²) in [5.74, 6) is 0. The van der Waals surface area contributed by atoms with Gasteiger partial charge in [0.15, 0.2) is 0 Å². The monoisotopic (exact) mass is 991 g/mol. The molecule has 0 atom stereocenters. The number of hydrogen-bond donors (Lipinski definition) is 0. The second-order valence-electron chi connectivity index (χ2n) is 25.4. The summed E-state index contributed by atoms with van der Waals surface area (Å²) in [5, 5.41) is 0. The first-order valence-electron chi connectivity index (χ1n) is 29.7. The van der Waals surface area contributed by atoms with Gasteiger partial charge in [-0.1, -0.05) is 0 Å². The zero-order valence-electron chi connectivity index (χ0n) is 52.0. The summed E-state index contributed by atoms with van der Waals surface area (Å²) in [6, 6.07) is 0. The molecule has 270 valence electrons. The molecule has 0 aromatic carbocycles. The molecule has 0 aromatic rings. The van der Waals surface area contributed by atoms with Gasteiger partial charge in [0.1, 0.15) is 0 Å². The first-order chi connectivity index (χ1) is 40.9. The van der Waals surface area contributed by atoms with Crippen LogP contribution in [0, 0.1) is 0 Å². The molecule has 0 unspecified atom stereocenters. The summed E-state index contributed by atoms with van der Waals surface area (Å²) in [7, 11) is 322. The molecule has 0 spiro atoms. The third kappa shape index (κ3) is 25.6. The van der Waals surface area contributed by atoms with E-state index >= 15 is 0 Å². The highest BCUT2D eigenvalue weighted by molar-refractivity contribution is 8.43. The molecular formula is B90. The molecule has 0 aliphatic rings. The highest BCUT2D eigenvalue weighted by Crippen LogP contribution is 2.29. The van der Waals surface area contributed by atoms with Crippen molar-refractivity contribution < 1.29 is 0 Å². The SMILES string of the molecule is [B]B([B])B(B([B])[B])B(B([B])[B])B(B(B(B([B])[B])B([B])[B])B(B([B])[B])B([B])[B])B(B(B(B(B([B])[B])B([B])[B])B(B([B])[B])B([B])[B])B(B(B([B])[B])B([B])[B])B(B([B])[B])B([B])[B])B(B(B(B([B])[B])B([B])[B])B(B([B])[B])B([B])[B])B(B(B([B])[B])B([B])[B])B(B([B])[B])B([B])[B]. The molecule has 0 saturated carbocycles. The molecule has 0 aliphatic heterocycles. The fraction of sp³-hybridized carbons (Fsp3) is 0. The zero-order chi connectivity index (χ0) is 71.4. The Labute approximate surface area is 630 Å². The summed E-state index contributed by atoms with van der Waals surface area (Å²) in [5.41, 5.74) is 0.